The van der Waals surface area contributed by atoms with Gasteiger partial charge in [0.1, 0.15) is 16.5 Å². The van der Waals surface area contributed by atoms with Gasteiger partial charge >= 0.3 is 6.09 Å². The molecule has 2 aromatic heterocycles. The fraction of sp³-hybridized carbons (Fsp3) is 0.500. The molecule has 1 saturated heterocycles. The third-order valence-electron chi connectivity index (χ3n) is 3.73. The number of carbonyl (C=O) groups is 1. The van der Waals surface area contributed by atoms with Gasteiger partial charge in [-0.1, -0.05) is 6.92 Å². The zero-order chi connectivity index (χ0) is 15.0. The lowest BCUT2D eigenvalue weighted by atomic mass is 10.2. The topological polar surface area (TPSA) is 69.6 Å². The number of piperazine rings is 1. The van der Waals surface area contributed by atoms with Crippen molar-refractivity contribution in [2.75, 3.05) is 31.1 Å². The highest BCUT2D eigenvalue weighted by Gasteiger charge is 2.23. The summed E-state index contributed by atoms with van der Waals surface area (Å²) in [6, 6.07) is 2.17. The molecule has 3 heterocycles. The Morgan fingerprint density at radius 3 is 2.67 bits per heavy atom. The number of thiophene rings is 1. The van der Waals surface area contributed by atoms with E-state index in [0.717, 1.165) is 28.3 Å². The van der Waals surface area contributed by atoms with Crippen LogP contribution in [0, 0.1) is 6.92 Å². The van der Waals surface area contributed by atoms with Crippen LogP contribution in [0.4, 0.5) is 10.6 Å². The molecule has 3 rings (SSSR count). The Labute approximate surface area is 127 Å². The van der Waals surface area contributed by atoms with Gasteiger partial charge < -0.3 is 14.9 Å². The monoisotopic (exact) mass is 306 g/mol. The molecule has 2 aromatic rings. The van der Waals surface area contributed by atoms with Crippen molar-refractivity contribution in [1.82, 2.24) is 14.9 Å². The SMILES string of the molecule is CCc1cc2c(N3CCN(C(=O)O)CC3)nc(C)nc2s1. The van der Waals surface area contributed by atoms with Gasteiger partial charge in [0.2, 0.25) is 0 Å². The number of hydrogen-bond acceptors (Lipinski definition) is 5. The van der Waals surface area contributed by atoms with Crippen molar-refractivity contribution < 1.29 is 9.90 Å². The summed E-state index contributed by atoms with van der Waals surface area (Å²) in [4.78, 5) is 26.1. The van der Waals surface area contributed by atoms with Crippen molar-refractivity contribution >= 4 is 33.5 Å². The van der Waals surface area contributed by atoms with Gasteiger partial charge in [-0.15, -0.1) is 11.3 Å². The molecule has 112 valence electrons. The van der Waals surface area contributed by atoms with Gasteiger partial charge in [0, 0.05) is 31.1 Å². The highest BCUT2D eigenvalue weighted by atomic mass is 32.1. The molecule has 0 atom stereocenters. The Hall–Kier alpha value is -1.89. The molecule has 0 saturated carbocycles. The summed E-state index contributed by atoms with van der Waals surface area (Å²) >= 11 is 1.71. The Morgan fingerprint density at radius 1 is 1.33 bits per heavy atom. The van der Waals surface area contributed by atoms with Crippen molar-refractivity contribution in [3.8, 4) is 0 Å². The molecule has 1 fully saturated rings. The van der Waals surface area contributed by atoms with Gasteiger partial charge in [-0.05, 0) is 19.4 Å². The minimum Gasteiger partial charge on any atom is -0.465 e. The smallest absolute Gasteiger partial charge is 0.407 e. The second kappa shape index (κ2) is 5.48. The third kappa shape index (κ3) is 2.65. The number of nitrogens with zero attached hydrogens (tertiary/aromatic N) is 4. The van der Waals surface area contributed by atoms with E-state index >= 15 is 0 Å². The van der Waals surface area contributed by atoms with Gasteiger partial charge in [-0.2, -0.15) is 0 Å². The molecule has 1 N–H and O–H groups in total. The Kier molecular flexibility index (Phi) is 3.67. The maximum atomic E-state index is 11.0. The van der Waals surface area contributed by atoms with Crippen LogP contribution < -0.4 is 4.90 Å². The fourth-order valence-electron chi connectivity index (χ4n) is 2.58. The number of aryl methyl sites for hydroxylation is 2. The van der Waals surface area contributed by atoms with E-state index in [1.807, 2.05) is 6.92 Å². The molecular weight excluding hydrogens is 288 g/mol. The van der Waals surface area contributed by atoms with E-state index in [1.165, 1.54) is 9.78 Å². The molecular formula is C14H18N4O2S. The highest BCUT2D eigenvalue weighted by molar-refractivity contribution is 7.18. The zero-order valence-electron chi connectivity index (χ0n) is 12.2. The van der Waals surface area contributed by atoms with Crippen LogP contribution in [0.5, 0.6) is 0 Å². The maximum absolute atomic E-state index is 11.0. The van der Waals surface area contributed by atoms with E-state index < -0.39 is 6.09 Å². The van der Waals surface area contributed by atoms with Crippen LogP contribution in [0.15, 0.2) is 6.07 Å². The molecule has 1 aliphatic heterocycles. The molecule has 1 aliphatic rings. The van der Waals surface area contributed by atoms with E-state index in [1.54, 1.807) is 11.3 Å². The largest absolute Gasteiger partial charge is 0.465 e. The zero-order valence-corrected chi connectivity index (χ0v) is 13.0. The van der Waals surface area contributed by atoms with Crippen LogP contribution in [0.1, 0.15) is 17.6 Å². The van der Waals surface area contributed by atoms with E-state index in [4.69, 9.17) is 5.11 Å². The first-order chi connectivity index (χ1) is 10.1. The van der Waals surface area contributed by atoms with Gasteiger partial charge in [0.05, 0.1) is 5.39 Å². The van der Waals surface area contributed by atoms with Crippen LogP contribution in [0.3, 0.4) is 0 Å². The summed E-state index contributed by atoms with van der Waals surface area (Å²) in [6.07, 6.45) is 0.147. The summed E-state index contributed by atoms with van der Waals surface area (Å²) < 4.78 is 0. The Bertz CT molecular complexity index is 677. The first-order valence-electron chi connectivity index (χ1n) is 7.08. The van der Waals surface area contributed by atoms with E-state index in [0.29, 0.717) is 26.2 Å². The van der Waals surface area contributed by atoms with E-state index in [-0.39, 0.29) is 0 Å². The second-order valence-corrected chi connectivity index (χ2v) is 6.25. The predicted octanol–water partition coefficient (Wildman–Crippen LogP) is 2.36. The number of amides is 1. The lowest BCUT2D eigenvalue weighted by Crippen LogP contribution is -2.48. The molecule has 1 amide bonds. The number of fused-ring (bicyclic) bond motifs is 1. The van der Waals surface area contributed by atoms with Crippen molar-refractivity contribution in [2.24, 2.45) is 0 Å². The van der Waals surface area contributed by atoms with Crippen molar-refractivity contribution in [1.29, 1.82) is 0 Å². The lowest BCUT2D eigenvalue weighted by Gasteiger charge is -2.34. The number of anilines is 1. The standard InChI is InChI=1S/C14H18N4O2S/c1-3-10-8-11-12(15-9(2)16-13(11)21-10)17-4-6-18(7-5-17)14(19)20/h8H,3-7H2,1-2H3,(H,19,20). The average Bonchev–Trinajstić information content (AvgIpc) is 2.89. The summed E-state index contributed by atoms with van der Waals surface area (Å²) in [5, 5.41) is 10.1. The van der Waals surface area contributed by atoms with Crippen molar-refractivity contribution in [3.05, 3.63) is 16.8 Å². The fourth-order valence-corrected chi connectivity index (χ4v) is 3.59. The van der Waals surface area contributed by atoms with Crippen LogP contribution in [-0.2, 0) is 6.42 Å². The van der Waals surface area contributed by atoms with E-state index in [9.17, 15) is 4.79 Å². The van der Waals surface area contributed by atoms with Crippen LogP contribution >= 0.6 is 11.3 Å². The molecule has 0 unspecified atom stereocenters. The quantitative estimate of drug-likeness (QED) is 0.922. The Morgan fingerprint density at radius 2 is 2.05 bits per heavy atom. The summed E-state index contributed by atoms with van der Waals surface area (Å²) in [5.74, 6) is 1.71. The van der Waals surface area contributed by atoms with Gasteiger partial charge in [-0.25, -0.2) is 14.8 Å². The highest BCUT2D eigenvalue weighted by Crippen LogP contribution is 2.31. The van der Waals surface area contributed by atoms with Gasteiger partial charge in [-0.3, -0.25) is 0 Å². The lowest BCUT2D eigenvalue weighted by molar-refractivity contribution is 0.142. The first kappa shape index (κ1) is 14.1. The van der Waals surface area contributed by atoms with Crippen LogP contribution in [0.25, 0.3) is 10.2 Å². The predicted molar refractivity (Wildman–Crippen MR) is 83.3 cm³/mol. The minimum atomic E-state index is -0.845. The summed E-state index contributed by atoms with van der Waals surface area (Å²) in [5.41, 5.74) is 0. The Balaban J connectivity index is 1.93. The first-order valence-corrected chi connectivity index (χ1v) is 7.90. The minimum absolute atomic E-state index is 0.519. The van der Waals surface area contributed by atoms with Crippen LogP contribution in [0.2, 0.25) is 0 Å². The number of carboxylic acid groups (broad SMARTS) is 1. The number of hydrogen-bond donors (Lipinski definition) is 1. The van der Waals surface area contributed by atoms with Crippen molar-refractivity contribution in [2.45, 2.75) is 20.3 Å². The molecule has 0 spiro atoms. The average molecular weight is 306 g/mol. The van der Waals surface area contributed by atoms with Crippen molar-refractivity contribution in [3.63, 3.8) is 0 Å². The molecule has 0 aliphatic carbocycles. The molecule has 7 heteroatoms. The summed E-state index contributed by atoms with van der Waals surface area (Å²) in [7, 11) is 0. The number of aromatic nitrogens is 2. The van der Waals surface area contributed by atoms with Gasteiger partial charge in [0.15, 0.2) is 0 Å². The normalized spacial score (nSPS) is 15.7. The van der Waals surface area contributed by atoms with Crippen LogP contribution in [-0.4, -0.2) is 52.2 Å². The molecule has 6 nitrogen and oxygen atoms in total. The maximum Gasteiger partial charge on any atom is 0.407 e. The van der Waals surface area contributed by atoms with E-state index in [2.05, 4.69) is 27.9 Å². The number of rotatable bonds is 2. The molecule has 0 radical (unpaired) electrons. The second-order valence-electron chi connectivity index (χ2n) is 5.14. The molecule has 0 aromatic carbocycles. The molecule has 0 bridgehead atoms. The third-order valence-corrected chi connectivity index (χ3v) is 4.91. The van der Waals surface area contributed by atoms with Gasteiger partial charge in [0.25, 0.3) is 0 Å². The molecule has 21 heavy (non-hydrogen) atoms. The summed E-state index contributed by atoms with van der Waals surface area (Å²) in [6.45, 7) is 6.43.